The lowest BCUT2D eigenvalue weighted by atomic mass is 10.1. The zero-order valence-electron chi connectivity index (χ0n) is 13.1. The molecule has 4 nitrogen and oxygen atoms in total. The number of rotatable bonds is 6. The first kappa shape index (κ1) is 16.7. The smallest absolute Gasteiger partial charge is 0.239 e. The van der Waals surface area contributed by atoms with Gasteiger partial charge in [-0.3, -0.25) is 9.59 Å². The van der Waals surface area contributed by atoms with Crippen LogP contribution in [0.2, 0.25) is 0 Å². The zero-order valence-corrected chi connectivity index (χ0v) is 13.1. The SMILES string of the molecule is CC(=O)c1ccccc1NCC(=O)NC(C)c1ccc(F)cc1. The van der Waals surface area contributed by atoms with E-state index in [1.165, 1.54) is 19.1 Å². The highest BCUT2D eigenvalue weighted by Gasteiger charge is 2.11. The first-order valence-electron chi connectivity index (χ1n) is 7.36. The molecule has 2 aromatic rings. The standard InChI is InChI=1S/C18H19FN2O2/c1-12(14-7-9-15(19)10-8-14)21-18(23)11-20-17-6-4-3-5-16(17)13(2)22/h3-10,12,20H,11H2,1-2H3,(H,21,23). The maximum Gasteiger partial charge on any atom is 0.239 e. The molecular weight excluding hydrogens is 295 g/mol. The molecule has 0 aliphatic rings. The van der Waals surface area contributed by atoms with Crippen LogP contribution in [0.1, 0.15) is 35.8 Å². The molecule has 0 saturated carbocycles. The van der Waals surface area contributed by atoms with E-state index in [1.54, 1.807) is 36.4 Å². The normalized spacial score (nSPS) is 11.6. The molecular formula is C18H19FN2O2. The minimum atomic E-state index is -0.310. The van der Waals surface area contributed by atoms with E-state index in [-0.39, 0.29) is 30.1 Å². The number of ketones is 1. The van der Waals surface area contributed by atoms with E-state index in [0.29, 0.717) is 11.3 Å². The Balaban J connectivity index is 1.93. The first-order valence-corrected chi connectivity index (χ1v) is 7.36. The predicted molar refractivity (Wildman–Crippen MR) is 87.9 cm³/mol. The second kappa shape index (κ2) is 7.54. The summed E-state index contributed by atoms with van der Waals surface area (Å²) in [5.41, 5.74) is 2.00. The topological polar surface area (TPSA) is 58.2 Å². The summed E-state index contributed by atoms with van der Waals surface area (Å²) < 4.78 is 12.9. The predicted octanol–water partition coefficient (Wildman–Crippen LogP) is 3.32. The zero-order chi connectivity index (χ0) is 16.8. The number of Topliss-reactive ketones (excluding diaryl/α,β-unsaturated/α-hetero) is 1. The van der Waals surface area contributed by atoms with Crippen molar-refractivity contribution < 1.29 is 14.0 Å². The Morgan fingerprint density at radius 3 is 2.39 bits per heavy atom. The quantitative estimate of drug-likeness (QED) is 0.804. The summed E-state index contributed by atoms with van der Waals surface area (Å²) in [7, 11) is 0. The number of para-hydroxylation sites is 1. The molecule has 0 fully saturated rings. The van der Waals surface area contributed by atoms with E-state index < -0.39 is 0 Å². The van der Waals surface area contributed by atoms with Gasteiger partial charge in [0.25, 0.3) is 0 Å². The molecule has 0 aliphatic carbocycles. The number of carbonyl (C=O) groups excluding carboxylic acids is 2. The van der Waals surface area contributed by atoms with Crippen molar-refractivity contribution in [3.8, 4) is 0 Å². The monoisotopic (exact) mass is 314 g/mol. The van der Waals surface area contributed by atoms with E-state index in [2.05, 4.69) is 10.6 Å². The molecule has 0 radical (unpaired) electrons. The molecule has 0 bridgehead atoms. The molecule has 2 rings (SSSR count). The van der Waals surface area contributed by atoms with Crippen LogP contribution in [-0.4, -0.2) is 18.2 Å². The number of hydrogen-bond donors (Lipinski definition) is 2. The third-order valence-electron chi connectivity index (χ3n) is 3.49. The number of amides is 1. The molecule has 2 aromatic carbocycles. The fourth-order valence-corrected chi connectivity index (χ4v) is 2.25. The van der Waals surface area contributed by atoms with Gasteiger partial charge in [-0.1, -0.05) is 24.3 Å². The summed E-state index contributed by atoms with van der Waals surface area (Å²) >= 11 is 0. The van der Waals surface area contributed by atoms with Gasteiger partial charge in [-0.25, -0.2) is 4.39 Å². The fraction of sp³-hybridized carbons (Fsp3) is 0.222. The van der Waals surface area contributed by atoms with Crippen LogP contribution in [0, 0.1) is 5.82 Å². The lowest BCUT2D eigenvalue weighted by Crippen LogP contribution is -2.32. The molecule has 1 amide bonds. The van der Waals surface area contributed by atoms with Gasteiger partial charge >= 0.3 is 0 Å². The van der Waals surface area contributed by atoms with E-state index in [0.717, 1.165) is 5.56 Å². The maximum atomic E-state index is 12.9. The van der Waals surface area contributed by atoms with E-state index in [9.17, 15) is 14.0 Å². The van der Waals surface area contributed by atoms with E-state index in [1.807, 2.05) is 6.92 Å². The minimum Gasteiger partial charge on any atom is -0.376 e. The van der Waals surface area contributed by atoms with Gasteiger partial charge in [0.2, 0.25) is 5.91 Å². The molecule has 120 valence electrons. The Morgan fingerprint density at radius 2 is 1.74 bits per heavy atom. The van der Waals surface area contributed by atoms with Crippen molar-refractivity contribution in [2.75, 3.05) is 11.9 Å². The maximum absolute atomic E-state index is 12.9. The molecule has 1 atom stereocenters. The van der Waals surface area contributed by atoms with Gasteiger partial charge in [-0.2, -0.15) is 0 Å². The first-order chi connectivity index (χ1) is 11.0. The minimum absolute atomic E-state index is 0.0514. The summed E-state index contributed by atoms with van der Waals surface area (Å²) in [5, 5.41) is 5.79. The van der Waals surface area contributed by atoms with Gasteiger partial charge in [0.1, 0.15) is 5.82 Å². The molecule has 0 aliphatic heterocycles. The van der Waals surface area contributed by atoms with Crippen LogP contribution in [0.25, 0.3) is 0 Å². The van der Waals surface area contributed by atoms with Crippen molar-refractivity contribution in [1.82, 2.24) is 5.32 Å². The molecule has 1 unspecified atom stereocenters. The third kappa shape index (κ3) is 4.64. The number of benzene rings is 2. The highest BCUT2D eigenvalue weighted by molar-refractivity contribution is 6.00. The van der Waals surface area contributed by atoms with Crippen molar-refractivity contribution >= 4 is 17.4 Å². The lowest BCUT2D eigenvalue weighted by molar-refractivity contribution is -0.120. The van der Waals surface area contributed by atoms with Crippen LogP contribution in [-0.2, 0) is 4.79 Å². The Labute approximate surface area is 134 Å². The van der Waals surface area contributed by atoms with E-state index in [4.69, 9.17) is 0 Å². The van der Waals surface area contributed by atoms with Crippen LogP contribution in [0.5, 0.6) is 0 Å². The van der Waals surface area contributed by atoms with Crippen molar-refractivity contribution in [3.63, 3.8) is 0 Å². The third-order valence-corrected chi connectivity index (χ3v) is 3.49. The van der Waals surface area contributed by atoms with Crippen LogP contribution in [0.3, 0.4) is 0 Å². The number of nitrogens with one attached hydrogen (secondary N) is 2. The molecule has 0 spiro atoms. The number of anilines is 1. The summed E-state index contributed by atoms with van der Waals surface area (Å²) in [6, 6.07) is 12.8. The average Bonchev–Trinajstić information content (AvgIpc) is 2.53. The van der Waals surface area contributed by atoms with Gasteiger partial charge in [0.15, 0.2) is 5.78 Å². The Morgan fingerprint density at radius 1 is 1.09 bits per heavy atom. The Hall–Kier alpha value is -2.69. The van der Waals surface area contributed by atoms with Crippen molar-refractivity contribution in [3.05, 3.63) is 65.5 Å². The fourth-order valence-electron chi connectivity index (χ4n) is 2.25. The second-order valence-corrected chi connectivity index (χ2v) is 5.30. The van der Waals surface area contributed by atoms with Crippen LogP contribution in [0.15, 0.2) is 48.5 Å². The summed E-state index contributed by atoms with van der Waals surface area (Å²) in [6.07, 6.45) is 0. The summed E-state index contributed by atoms with van der Waals surface area (Å²) in [6.45, 7) is 3.36. The molecule has 0 saturated heterocycles. The van der Waals surface area contributed by atoms with Crippen LogP contribution >= 0.6 is 0 Å². The van der Waals surface area contributed by atoms with Crippen LogP contribution < -0.4 is 10.6 Å². The molecule has 2 N–H and O–H groups in total. The number of carbonyl (C=O) groups is 2. The number of hydrogen-bond acceptors (Lipinski definition) is 3. The summed E-state index contributed by atoms with van der Waals surface area (Å²) in [5.74, 6) is -0.580. The molecule has 23 heavy (non-hydrogen) atoms. The second-order valence-electron chi connectivity index (χ2n) is 5.30. The van der Waals surface area contributed by atoms with Gasteiger partial charge in [0.05, 0.1) is 12.6 Å². The highest BCUT2D eigenvalue weighted by atomic mass is 19.1. The van der Waals surface area contributed by atoms with Gasteiger partial charge in [-0.15, -0.1) is 0 Å². The summed E-state index contributed by atoms with van der Waals surface area (Å²) in [4.78, 5) is 23.5. The Bertz CT molecular complexity index is 698. The van der Waals surface area contributed by atoms with Crippen molar-refractivity contribution in [2.24, 2.45) is 0 Å². The van der Waals surface area contributed by atoms with Crippen molar-refractivity contribution in [1.29, 1.82) is 0 Å². The van der Waals surface area contributed by atoms with Gasteiger partial charge < -0.3 is 10.6 Å². The molecule has 0 aromatic heterocycles. The number of halogens is 1. The van der Waals surface area contributed by atoms with Gasteiger partial charge in [-0.05, 0) is 43.7 Å². The highest BCUT2D eigenvalue weighted by Crippen LogP contribution is 2.16. The van der Waals surface area contributed by atoms with Crippen molar-refractivity contribution in [2.45, 2.75) is 19.9 Å². The largest absolute Gasteiger partial charge is 0.376 e. The van der Waals surface area contributed by atoms with Gasteiger partial charge in [0, 0.05) is 11.3 Å². The van der Waals surface area contributed by atoms with Crippen LogP contribution in [0.4, 0.5) is 10.1 Å². The van der Waals surface area contributed by atoms with E-state index >= 15 is 0 Å². The Kier molecular flexibility index (Phi) is 5.46. The lowest BCUT2D eigenvalue weighted by Gasteiger charge is -2.15. The average molecular weight is 314 g/mol. The molecule has 0 heterocycles. The molecule has 5 heteroatoms.